The van der Waals surface area contributed by atoms with E-state index in [2.05, 4.69) is 15.9 Å². The number of hydrogen-bond acceptors (Lipinski definition) is 5. The molecule has 1 aromatic rings. The Hall–Kier alpha value is -0.900. The first-order valence-electron chi connectivity index (χ1n) is 5.82. The maximum atomic E-state index is 12.0. The van der Waals surface area contributed by atoms with Crippen LogP contribution >= 0.6 is 15.9 Å². The summed E-state index contributed by atoms with van der Waals surface area (Å²) in [7, 11) is -2.37. The predicted octanol–water partition coefficient (Wildman–Crippen LogP) is 1.19. The Morgan fingerprint density at radius 3 is 2.60 bits per heavy atom. The van der Waals surface area contributed by atoms with Gasteiger partial charge >= 0.3 is 0 Å². The van der Waals surface area contributed by atoms with E-state index in [1.54, 1.807) is 7.05 Å². The lowest BCUT2D eigenvalue weighted by Crippen LogP contribution is -2.30. The molecule has 114 valence electrons. The van der Waals surface area contributed by atoms with Crippen LogP contribution in [0, 0.1) is 0 Å². The van der Waals surface area contributed by atoms with Crippen molar-refractivity contribution in [1.82, 2.24) is 4.90 Å². The first kappa shape index (κ1) is 17.2. The maximum Gasteiger partial charge on any atom is 0.289 e. The van der Waals surface area contributed by atoms with Gasteiger partial charge in [0.15, 0.2) is 10.4 Å². The average molecular weight is 369 g/mol. The first-order valence-corrected chi connectivity index (χ1v) is 8.16. The van der Waals surface area contributed by atoms with Crippen molar-refractivity contribution >= 4 is 31.9 Å². The number of nitrogens with zero attached hydrogens (tertiary/aromatic N) is 1. The topological polar surface area (TPSA) is 103 Å². The smallest absolute Gasteiger partial charge is 0.289 e. The molecule has 0 saturated carbocycles. The molecule has 9 heteroatoms. The molecule has 0 aliphatic rings. The number of halogens is 1. The second-order valence-electron chi connectivity index (χ2n) is 4.44. The number of hydrogen-bond donors (Lipinski definition) is 1. The van der Waals surface area contributed by atoms with E-state index in [-0.39, 0.29) is 21.4 Å². The van der Waals surface area contributed by atoms with Gasteiger partial charge in [-0.1, -0.05) is 0 Å². The van der Waals surface area contributed by atoms with Crippen LogP contribution in [-0.2, 0) is 14.8 Å². The van der Waals surface area contributed by atoms with Crippen molar-refractivity contribution < 1.29 is 22.4 Å². The minimum absolute atomic E-state index is 0.0743. The van der Waals surface area contributed by atoms with Crippen molar-refractivity contribution in [3.63, 3.8) is 0 Å². The van der Waals surface area contributed by atoms with Crippen LogP contribution in [0.2, 0.25) is 0 Å². The number of primary sulfonamides is 1. The summed E-state index contributed by atoms with van der Waals surface area (Å²) in [5.74, 6) is -0.555. The summed E-state index contributed by atoms with van der Waals surface area (Å²) in [6, 6.07) is 1.10. The number of nitrogens with two attached hydrogens (primary N) is 1. The molecule has 0 saturated heterocycles. The number of rotatable bonds is 6. The quantitative estimate of drug-likeness (QED) is 0.811. The lowest BCUT2D eigenvalue weighted by molar-refractivity contribution is 0.0515. The van der Waals surface area contributed by atoms with Crippen LogP contribution < -0.4 is 5.14 Å². The van der Waals surface area contributed by atoms with Gasteiger partial charge in [-0.2, -0.15) is 0 Å². The van der Waals surface area contributed by atoms with Crippen molar-refractivity contribution in [1.29, 1.82) is 0 Å². The van der Waals surface area contributed by atoms with Gasteiger partial charge in [-0.25, -0.2) is 13.6 Å². The number of ether oxygens (including phenoxy) is 1. The molecule has 20 heavy (non-hydrogen) atoms. The number of likely N-dealkylation sites (N-methyl/N-ethyl adjacent to an activating group) is 1. The molecular weight excluding hydrogens is 352 g/mol. The lowest BCUT2D eigenvalue weighted by atomic mass is 10.4. The number of furan rings is 1. The van der Waals surface area contributed by atoms with Crippen molar-refractivity contribution in [2.24, 2.45) is 5.14 Å². The van der Waals surface area contributed by atoms with Gasteiger partial charge in [-0.3, -0.25) is 4.79 Å². The first-order chi connectivity index (χ1) is 9.12. The van der Waals surface area contributed by atoms with Crippen molar-refractivity contribution in [3.8, 4) is 0 Å². The molecule has 0 fully saturated rings. The van der Waals surface area contributed by atoms with Gasteiger partial charge in [-0.05, 0) is 29.8 Å². The van der Waals surface area contributed by atoms with Crippen LogP contribution in [0.4, 0.5) is 0 Å². The highest BCUT2D eigenvalue weighted by Crippen LogP contribution is 2.25. The van der Waals surface area contributed by atoms with E-state index in [4.69, 9.17) is 14.3 Å². The van der Waals surface area contributed by atoms with Gasteiger partial charge in [0.1, 0.15) is 4.90 Å². The second-order valence-corrected chi connectivity index (χ2v) is 6.69. The molecule has 1 amide bonds. The minimum Gasteiger partial charge on any atom is -0.443 e. The maximum absolute atomic E-state index is 12.0. The molecule has 2 N–H and O–H groups in total. The van der Waals surface area contributed by atoms with E-state index in [1.807, 2.05) is 13.8 Å². The van der Waals surface area contributed by atoms with E-state index in [9.17, 15) is 13.2 Å². The Kier molecular flexibility index (Phi) is 5.75. The summed E-state index contributed by atoms with van der Waals surface area (Å²) in [5.41, 5.74) is 0. The summed E-state index contributed by atoms with van der Waals surface area (Å²) in [6.45, 7) is 4.53. The summed E-state index contributed by atoms with van der Waals surface area (Å²) in [4.78, 5) is 13.2. The normalized spacial score (nSPS) is 11.9. The van der Waals surface area contributed by atoms with Gasteiger partial charge in [0.05, 0.1) is 12.7 Å². The molecule has 0 aromatic carbocycles. The third kappa shape index (κ3) is 4.58. The molecule has 0 bridgehead atoms. The summed E-state index contributed by atoms with van der Waals surface area (Å²) in [6.07, 6.45) is 0.0743. The van der Waals surface area contributed by atoms with Crippen LogP contribution in [0.15, 0.2) is 20.0 Å². The van der Waals surface area contributed by atoms with Crippen LogP contribution in [0.1, 0.15) is 24.4 Å². The molecule has 1 aromatic heterocycles. The van der Waals surface area contributed by atoms with Gasteiger partial charge in [0.2, 0.25) is 10.0 Å². The fourth-order valence-corrected chi connectivity index (χ4v) is 2.87. The Morgan fingerprint density at radius 2 is 2.15 bits per heavy atom. The molecule has 7 nitrogen and oxygen atoms in total. The number of carbonyl (C=O) groups excluding carboxylic acids is 1. The van der Waals surface area contributed by atoms with Crippen molar-refractivity contribution in [2.75, 3.05) is 20.2 Å². The Labute approximate surface area is 126 Å². The van der Waals surface area contributed by atoms with Crippen LogP contribution in [-0.4, -0.2) is 45.5 Å². The Morgan fingerprint density at radius 1 is 1.55 bits per heavy atom. The van der Waals surface area contributed by atoms with Gasteiger partial charge in [0.25, 0.3) is 5.91 Å². The fourth-order valence-electron chi connectivity index (χ4n) is 1.37. The molecule has 0 spiro atoms. The fraction of sp³-hybridized carbons (Fsp3) is 0.545. The molecular formula is C11H17BrN2O5S. The molecule has 0 aliphatic carbocycles. The molecule has 1 heterocycles. The van der Waals surface area contributed by atoms with Crippen LogP contribution in [0.5, 0.6) is 0 Å². The second kappa shape index (κ2) is 6.70. The van der Waals surface area contributed by atoms with E-state index in [1.165, 1.54) is 4.90 Å². The zero-order chi connectivity index (χ0) is 15.5. The molecule has 0 unspecified atom stereocenters. The van der Waals surface area contributed by atoms with Crippen molar-refractivity contribution in [3.05, 3.63) is 16.5 Å². The van der Waals surface area contributed by atoms with Gasteiger partial charge < -0.3 is 14.1 Å². The Bertz CT molecular complexity index is 582. The largest absolute Gasteiger partial charge is 0.443 e. The number of amides is 1. The third-order valence-electron chi connectivity index (χ3n) is 2.40. The zero-order valence-electron chi connectivity index (χ0n) is 11.4. The van der Waals surface area contributed by atoms with Crippen molar-refractivity contribution in [2.45, 2.75) is 24.8 Å². The van der Waals surface area contributed by atoms with Crippen LogP contribution in [0.3, 0.4) is 0 Å². The lowest BCUT2D eigenvalue weighted by Gasteiger charge is -2.16. The number of sulfonamides is 1. The SMILES string of the molecule is CC(C)OCCN(C)C(=O)c1cc(S(N)(=O)=O)c(Br)o1. The summed E-state index contributed by atoms with van der Waals surface area (Å²) < 4.78 is 32.8. The minimum atomic E-state index is -3.94. The average Bonchev–Trinajstić information content (AvgIpc) is 2.69. The predicted molar refractivity (Wildman–Crippen MR) is 75.8 cm³/mol. The molecule has 0 radical (unpaired) electrons. The Balaban J connectivity index is 2.78. The zero-order valence-corrected chi connectivity index (χ0v) is 13.8. The van der Waals surface area contributed by atoms with E-state index in [0.717, 1.165) is 6.07 Å². The van der Waals surface area contributed by atoms with Gasteiger partial charge in [0, 0.05) is 19.7 Å². The molecule has 1 rings (SSSR count). The highest BCUT2D eigenvalue weighted by Gasteiger charge is 2.23. The van der Waals surface area contributed by atoms with E-state index in [0.29, 0.717) is 13.2 Å². The molecule has 0 aliphatic heterocycles. The van der Waals surface area contributed by atoms with E-state index < -0.39 is 15.9 Å². The summed E-state index contributed by atoms with van der Waals surface area (Å²) in [5, 5.41) is 5.00. The highest BCUT2D eigenvalue weighted by molar-refractivity contribution is 9.10. The van der Waals surface area contributed by atoms with E-state index >= 15 is 0 Å². The number of carbonyl (C=O) groups is 1. The monoisotopic (exact) mass is 368 g/mol. The third-order valence-corrected chi connectivity index (χ3v) is 4.17. The molecule has 0 atom stereocenters. The van der Waals surface area contributed by atoms with Gasteiger partial charge in [-0.15, -0.1) is 0 Å². The highest BCUT2D eigenvalue weighted by atomic mass is 79.9. The summed E-state index contributed by atoms with van der Waals surface area (Å²) >= 11 is 2.92. The van der Waals surface area contributed by atoms with Crippen LogP contribution in [0.25, 0.3) is 0 Å². The standard InChI is InChI=1S/C11H17BrN2O5S/c1-7(2)18-5-4-14(3)11(15)8-6-9(10(12)19-8)20(13,16)17/h6-7H,4-5H2,1-3H3,(H2,13,16,17).